The average Bonchev–Trinajstić information content (AvgIpc) is 3.50. The molecule has 0 saturated carbocycles. The van der Waals surface area contributed by atoms with E-state index in [1.807, 2.05) is 31.8 Å². The largest absolute Gasteiger partial charge is 0.356 e. The van der Waals surface area contributed by atoms with Crippen LogP contribution in [0.3, 0.4) is 0 Å². The molecule has 2 fully saturated rings. The van der Waals surface area contributed by atoms with Crippen LogP contribution in [-0.4, -0.2) is 50.6 Å². The van der Waals surface area contributed by atoms with Crippen molar-refractivity contribution in [1.29, 1.82) is 5.26 Å². The fourth-order valence-corrected chi connectivity index (χ4v) is 4.78. The van der Waals surface area contributed by atoms with Gasteiger partial charge in [-0.15, -0.1) is 0 Å². The van der Waals surface area contributed by atoms with Crippen LogP contribution in [0, 0.1) is 16.7 Å². The molecule has 0 atom stereocenters. The number of pyridine rings is 2. The molecule has 0 unspecified atom stereocenters. The van der Waals surface area contributed by atoms with Crippen LogP contribution in [0.1, 0.15) is 12.0 Å². The number of hydrogen-bond acceptors (Lipinski definition) is 6. The molecule has 2 aliphatic rings. The summed E-state index contributed by atoms with van der Waals surface area (Å²) in [6.45, 7) is 4.34. The van der Waals surface area contributed by atoms with Gasteiger partial charge in [0.05, 0.1) is 23.5 Å². The van der Waals surface area contributed by atoms with Crippen LogP contribution in [0.2, 0.25) is 0 Å². The normalized spacial score (nSPS) is 17.2. The molecule has 6 heterocycles. The van der Waals surface area contributed by atoms with E-state index >= 15 is 0 Å². The first-order chi connectivity index (χ1) is 15.1. The van der Waals surface area contributed by atoms with Crippen molar-refractivity contribution in [2.75, 3.05) is 31.1 Å². The van der Waals surface area contributed by atoms with Crippen LogP contribution >= 0.6 is 0 Å². The fraction of sp³-hybridized carbons (Fsp3) is 0.304. The first kappa shape index (κ1) is 18.1. The summed E-state index contributed by atoms with van der Waals surface area (Å²) in [5.74, 6) is 1.01. The van der Waals surface area contributed by atoms with Crippen molar-refractivity contribution in [1.82, 2.24) is 29.7 Å². The standard InChI is InChI=1S/C23H22N8/c1-29-11-19(10-27-29)17-6-20(22-18(7-24)9-28-31(22)12-17)16-2-3-21(26-8-16)30-5-4-23(15-30)13-25-14-23/h2-3,6,8-12,25H,4-5,13-15H2,1H3. The number of hydrogen-bond donors (Lipinski definition) is 1. The van der Waals surface area contributed by atoms with Crippen molar-refractivity contribution >= 4 is 11.3 Å². The summed E-state index contributed by atoms with van der Waals surface area (Å²) < 4.78 is 3.55. The van der Waals surface area contributed by atoms with E-state index in [9.17, 15) is 5.26 Å². The molecule has 1 spiro atoms. The van der Waals surface area contributed by atoms with Crippen LogP contribution in [0.4, 0.5) is 5.82 Å². The van der Waals surface area contributed by atoms with Crippen LogP contribution in [0.5, 0.6) is 0 Å². The van der Waals surface area contributed by atoms with Crippen LogP contribution in [0.25, 0.3) is 27.8 Å². The number of anilines is 1. The summed E-state index contributed by atoms with van der Waals surface area (Å²) in [6, 6.07) is 8.55. The SMILES string of the molecule is Cn1cc(-c2cc(-c3ccc(N4CCC5(CNC5)C4)nc3)c3c(C#N)cnn3c2)cn1. The predicted octanol–water partition coefficient (Wildman–Crippen LogP) is 2.47. The quantitative estimate of drug-likeness (QED) is 0.558. The average molecular weight is 410 g/mol. The van der Waals surface area contributed by atoms with Gasteiger partial charge in [-0.1, -0.05) is 0 Å². The van der Waals surface area contributed by atoms with Crippen molar-refractivity contribution in [2.24, 2.45) is 12.5 Å². The Morgan fingerprint density at radius 1 is 1.06 bits per heavy atom. The number of nitrogens with zero attached hydrogens (tertiary/aromatic N) is 7. The molecule has 8 heteroatoms. The van der Waals surface area contributed by atoms with E-state index in [1.165, 1.54) is 6.42 Å². The number of rotatable bonds is 3. The summed E-state index contributed by atoms with van der Waals surface area (Å²) in [6.07, 6.45) is 10.5. The Bertz CT molecular complexity index is 1320. The molecule has 0 aliphatic carbocycles. The zero-order valence-corrected chi connectivity index (χ0v) is 17.3. The van der Waals surface area contributed by atoms with E-state index in [4.69, 9.17) is 4.98 Å². The number of aryl methyl sites for hydroxylation is 1. The molecule has 1 N–H and O–H groups in total. The highest BCUT2D eigenvalue weighted by atomic mass is 15.2. The third kappa shape index (κ3) is 2.89. The van der Waals surface area contributed by atoms with Gasteiger partial charge in [-0.25, -0.2) is 9.50 Å². The van der Waals surface area contributed by atoms with Gasteiger partial charge >= 0.3 is 0 Å². The summed E-state index contributed by atoms with van der Waals surface area (Å²) >= 11 is 0. The predicted molar refractivity (Wildman–Crippen MR) is 117 cm³/mol. The van der Waals surface area contributed by atoms with Gasteiger partial charge in [0.15, 0.2) is 0 Å². The molecule has 2 aliphatic heterocycles. The molecule has 2 saturated heterocycles. The van der Waals surface area contributed by atoms with Crippen molar-refractivity contribution in [2.45, 2.75) is 6.42 Å². The van der Waals surface area contributed by atoms with Gasteiger partial charge < -0.3 is 10.2 Å². The van der Waals surface area contributed by atoms with E-state index < -0.39 is 0 Å². The zero-order chi connectivity index (χ0) is 21.0. The Labute approximate surface area is 179 Å². The Balaban J connectivity index is 1.41. The van der Waals surface area contributed by atoms with Gasteiger partial charge in [-0.2, -0.15) is 15.5 Å². The second-order valence-corrected chi connectivity index (χ2v) is 8.69. The maximum Gasteiger partial charge on any atom is 0.128 e. The van der Waals surface area contributed by atoms with Gasteiger partial charge in [0.1, 0.15) is 11.9 Å². The smallest absolute Gasteiger partial charge is 0.128 e. The summed E-state index contributed by atoms with van der Waals surface area (Å²) in [4.78, 5) is 7.17. The zero-order valence-electron chi connectivity index (χ0n) is 17.3. The number of aromatic nitrogens is 5. The molecule has 0 amide bonds. The number of fused-ring (bicyclic) bond motifs is 1. The Morgan fingerprint density at radius 3 is 2.61 bits per heavy atom. The summed E-state index contributed by atoms with van der Waals surface area (Å²) in [5.41, 5.74) is 5.68. The van der Waals surface area contributed by atoms with Crippen LogP contribution in [-0.2, 0) is 7.05 Å². The van der Waals surface area contributed by atoms with Gasteiger partial charge in [-0.05, 0) is 24.6 Å². The van der Waals surface area contributed by atoms with E-state index in [0.29, 0.717) is 11.0 Å². The third-order valence-electron chi connectivity index (χ3n) is 6.59. The van der Waals surface area contributed by atoms with E-state index in [1.54, 1.807) is 15.4 Å². The molecule has 154 valence electrons. The maximum atomic E-state index is 9.61. The second kappa shape index (κ2) is 6.65. The van der Waals surface area contributed by atoms with Crippen molar-refractivity contribution in [3.05, 3.63) is 54.7 Å². The van der Waals surface area contributed by atoms with E-state index in [2.05, 4.69) is 44.7 Å². The minimum atomic E-state index is 0.434. The first-order valence-electron chi connectivity index (χ1n) is 10.5. The molecule has 8 nitrogen and oxygen atoms in total. The lowest BCUT2D eigenvalue weighted by Crippen LogP contribution is -2.54. The lowest BCUT2D eigenvalue weighted by molar-refractivity contribution is 0.199. The minimum Gasteiger partial charge on any atom is -0.356 e. The fourth-order valence-electron chi connectivity index (χ4n) is 4.78. The Hall–Kier alpha value is -3.70. The van der Waals surface area contributed by atoms with Gasteiger partial charge in [-0.3, -0.25) is 4.68 Å². The highest BCUT2D eigenvalue weighted by Gasteiger charge is 2.43. The molecule has 4 aromatic heterocycles. The van der Waals surface area contributed by atoms with E-state index in [-0.39, 0.29) is 0 Å². The summed E-state index contributed by atoms with van der Waals surface area (Å²) in [7, 11) is 1.90. The molecule has 0 radical (unpaired) electrons. The molecule has 4 aromatic rings. The van der Waals surface area contributed by atoms with Crippen LogP contribution < -0.4 is 10.2 Å². The highest BCUT2D eigenvalue weighted by molar-refractivity contribution is 5.87. The minimum absolute atomic E-state index is 0.434. The van der Waals surface area contributed by atoms with Gasteiger partial charge in [0.2, 0.25) is 0 Å². The van der Waals surface area contributed by atoms with Gasteiger partial charge in [0, 0.05) is 79.5 Å². The lowest BCUT2D eigenvalue weighted by Gasteiger charge is -2.39. The first-order valence-corrected chi connectivity index (χ1v) is 10.5. The molecular formula is C23H22N8. The monoisotopic (exact) mass is 410 g/mol. The molecular weight excluding hydrogens is 388 g/mol. The van der Waals surface area contributed by atoms with Crippen molar-refractivity contribution < 1.29 is 0 Å². The van der Waals surface area contributed by atoms with Crippen molar-refractivity contribution in [3.63, 3.8) is 0 Å². The number of nitriles is 1. The van der Waals surface area contributed by atoms with E-state index in [0.717, 1.165) is 59.8 Å². The molecule has 6 rings (SSSR count). The van der Waals surface area contributed by atoms with Gasteiger partial charge in [0.25, 0.3) is 0 Å². The van der Waals surface area contributed by atoms with Crippen LogP contribution in [0.15, 0.2) is 49.2 Å². The number of nitrogens with one attached hydrogen (secondary N) is 1. The molecule has 0 aromatic carbocycles. The molecule has 31 heavy (non-hydrogen) atoms. The summed E-state index contributed by atoms with van der Waals surface area (Å²) in [5, 5.41) is 21.7. The Morgan fingerprint density at radius 2 is 1.97 bits per heavy atom. The second-order valence-electron chi connectivity index (χ2n) is 8.69. The lowest BCUT2D eigenvalue weighted by atomic mass is 9.81. The Kier molecular flexibility index (Phi) is 3.88. The maximum absolute atomic E-state index is 9.61. The highest BCUT2D eigenvalue weighted by Crippen LogP contribution is 2.37. The third-order valence-corrected chi connectivity index (χ3v) is 6.59. The topological polar surface area (TPSA) is 87.1 Å². The molecule has 0 bridgehead atoms. The van der Waals surface area contributed by atoms with Crippen molar-refractivity contribution in [3.8, 4) is 28.3 Å².